The van der Waals surface area contributed by atoms with Gasteiger partial charge in [-0.2, -0.15) is 14.6 Å². The molecule has 28 heavy (non-hydrogen) atoms. The third-order valence-electron chi connectivity index (χ3n) is 4.17. The van der Waals surface area contributed by atoms with Crippen LogP contribution < -0.4 is 14.8 Å². The first-order valence-corrected chi connectivity index (χ1v) is 9.07. The number of aromatic nitrogens is 4. The summed E-state index contributed by atoms with van der Waals surface area (Å²) in [4.78, 5) is 8.45. The van der Waals surface area contributed by atoms with Gasteiger partial charge in [0, 0.05) is 11.8 Å². The number of ether oxygens (including phenoxy) is 2. The average molecular weight is 375 g/mol. The Balaban J connectivity index is 1.34. The Morgan fingerprint density at radius 3 is 2.68 bits per heavy atom. The zero-order chi connectivity index (χ0) is 19.3. The molecule has 7 heteroatoms. The van der Waals surface area contributed by atoms with Gasteiger partial charge in [-0.15, -0.1) is 0 Å². The lowest BCUT2D eigenvalue weighted by Crippen LogP contribution is -2.14. The first kappa shape index (κ1) is 17.8. The van der Waals surface area contributed by atoms with Crippen molar-refractivity contribution in [2.75, 3.05) is 18.5 Å². The summed E-state index contributed by atoms with van der Waals surface area (Å²) >= 11 is 0. The summed E-state index contributed by atoms with van der Waals surface area (Å²) in [5.41, 5.74) is 1.90. The number of nitrogens with one attached hydrogen (secondary N) is 1. The van der Waals surface area contributed by atoms with Crippen LogP contribution in [0.4, 0.5) is 5.82 Å². The highest BCUT2D eigenvalue weighted by Gasteiger charge is 2.06. The van der Waals surface area contributed by atoms with Gasteiger partial charge < -0.3 is 14.8 Å². The van der Waals surface area contributed by atoms with E-state index >= 15 is 0 Å². The molecule has 1 N–H and O–H groups in total. The molecule has 2 aromatic heterocycles. The molecule has 0 atom stereocenters. The van der Waals surface area contributed by atoms with Gasteiger partial charge in [0.05, 0.1) is 6.54 Å². The molecule has 2 aromatic carbocycles. The highest BCUT2D eigenvalue weighted by atomic mass is 16.5. The van der Waals surface area contributed by atoms with Crippen LogP contribution in [-0.4, -0.2) is 32.7 Å². The van der Waals surface area contributed by atoms with E-state index in [4.69, 9.17) is 9.47 Å². The van der Waals surface area contributed by atoms with Crippen molar-refractivity contribution in [1.29, 1.82) is 0 Å². The number of nitrogens with zero attached hydrogens (tertiary/aromatic N) is 4. The standard InChI is InChI=1S/C21H21N5O2/c1-15-12-18(28-17-6-4-3-5-7-17)8-9-19(15)27-11-10-22-20-13-16(2)25-21-23-14-24-26(20)21/h3-9,12-14,22H,10-11H2,1-2H3. The maximum absolute atomic E-state index is 5.91. The van der Waals surface area contributed by atoms with Crippen molar-refractivity contribution in [2.45, 2.75) is 13.8 Å². The maximum atomic E-state index is 5.91. The van der Waals surface area contributed by atoms with Crippen LogP contribution in [0.2, 0.25) is 0 Å². The minimum atomic E-state index is 0.511. The van der Waals surface area contributed by atoms with Crippen LogP contribution >= 0.6 is 0 Å². The Labute approximate surface area is 163 Å². The Morgan fingerprint density at radius 2 is 1.86 bits per heavy atom. The largest absolute Gasteiger partial charge is 0.491 e. The van der Waals surface area contributed by atoms with Crippen LogP contribution in [0.1, 0.15) is 11.3 Å². The predicted octanol–water partition coefficient (Wildman–Crippen LogP) is 4.02. The van der Waals surface area contributed by atoms with Gasteiger partial charge >= 0.3 is 0 Å². The Hall–Kier alpha value is -3.61. The molecule has 0 bridgehead atoms. The van der Waals surface area contributed by atoms with Gasteiger partial charge in [-0.05, 0) is 49.7 Å². The molecule has 0 fully saturated rings. The first-order chi connectivity index (χ1) is 13.7. The summed E-state index contributed by atoms with van der Waals surface area (Å²) in [5, 5.41) is 7.50. The fourth-order valence-corrected chi connectivity index (χ4v) is 2.87. The monoisotopic (exact) mass is 375 g/mol. The fourth-order valence-electron chi connectivity index (χ4n) is 2.87. The zero-order valence-electron chi connectivity index (χ0n) is 15.8. The van der Waals surface area contributed by atoms with E-state index in [1.807, 2.05) is 68.4 Å². The second-order valence-corrected chi connectivity index (χ2v) is 6.37. The lowest BCUT2D eigenvalue weighted by Gasteiger charge is -2.13. The minimum absolute atomic E-state index is 0.511. The van der Waals surface area contributed by atoms with Crippen LogP contribution in [0.5, 0.6) is 17.2 Å². The van der Waals surface area contributed by atoms with E-state index in [9.17, 15) is 0 Å². The summed E-state index contributed by atoms with van der Waals surface area (Å²) in [6.45, 7) is 5.07. The fraction of sp³-hybridized carbons (Fsp3) is 0.190. The van der Waals surface area contributed by atoms with E-state index in [0.29, 0.717) is 18.9 Å². The van der Waals surface area contributed by atoms with Gasteiger partial charge in [-0.3, -0.25) is 0 Å². The Morgan fingerprint density at radius 1 is 1.00 bits per heavy atom. The van der Waals surface area contributed by atoms with Crippen molar-refractivity contribution in [1.82, 2.24) is 19.6 Å². The second-order valence-electron chi connectivity index (χ2n) is 6.37. The molecular formula is C21H21N5O2. The van der Waals surface area contributed by atoms with E-state index in [1.54, 1.807) is 4.52 Å². The van der Waals surface area contributed by atoms with E-state index in [2.05, 4.69) is 20.4 Å². The van der Waals surface area contributed by atoms with Crippen molar-refractivity contribution >= 4 is 11.6 Å². The average Bonchev–Trinajstić information content (AvgIpc) is 3.16. The third-order valence-corrected chi connectivity index (χ3v) is 4.17. The van der Waals surface area contributed by atoms with E-state index in [-0.39, 0.29) is 0 Å². The van der Waals surface area contributed by atoms with Crippen LogP contribution in [-0.2, 0) is 0 Å². The molecule has 2 heterocycles. The smallest absolute Gasteiger partial charge is 0.254 e. The number of para-hydroxylation sites is 1. The number of benzene rings is 2. The molecule has 0 amide bonds. The molecule has 0 unspecified atom stereocenters. The van der Waals surface area contributed by atoms with Gasteiger partial charge in [0.1, 0.15) is 36.0 Å². The Kier molecular flexibility index (Phi) is 5.05. The molecule has 0 saturated heterocycles. The van der Waals surface area contributed by atoms with Crippen molar-refractivity contribution in [2.24, 2.45) is 0 Å². The van der Waals surface area contributed by atoms with Gasteiger partial charge in [0.25, 0.3) is 5.78 Å². The summed E-state index contributed by atoms with van der Waals surface area (Å²) < 4.78 is 13.4. The normalized spacial score (nSPS) is 10.8. The first-order valence-electron chi connectivity index (χ1n) is 9.07. The van der Waals surface area contributed by atoms with Crippen molar-refractivity contribution in [3.05, 3.63) is 72.2 Å². The lowest BCUT2D eigenvalue weighted by atomic mass is 10.2. The molecule has 142 valence electrons. The van der Waals surface area contributed by atoms with E-state index in [1.165, 1.54) is 6.33 Å². The molecule has 4 aromatic rings. The highest BCUT2D eigenvalue weighted by Crippen LogP contribution is 2.27. The number of fused-ring (bicyclic) bond motifs is 1. The molecule has 0 aliphatic heterocycles. The topological polar surface area (TPSA) is 73.6 Å². The highest BCUT2D eigenvalue weighted by molar-refractivity contribution is 5.45. The maximum Gasteiger partial charge on any atom is 0.254 e. The number of aryl methyl sites for hydroxylation is 2. The van der Waals surface area contributed by atoms with E-state index < -0.39 is 0 Å². The SMILES string of the molecule is Cc1cc(NCCOc2ccc(Oc3ccccc3)cc2C)n2ncnc2n1. The van der Waals surface area contributed by atoms with Gasteiger partial charge in [-0.25, -0.2) is 4.98 Å². The van der Waals surface area contributed by atoms with Crippen LogP contribution in [0, 0.1) is 13.8 Å². The zero-order valence-corrected chi connectivity index (χ0v) is 15.8. The predicted molar refractivity (Wildman–Crippen MR) is 107 cm³/mol. The number of anilines is 1. The Bertz CT molecular complexity index is 1080. The van der Waals surface area contributed by atoms with Crippen LogP contribution in [0.3, 0.4) is 0 Å². The summed E-state index contributed by atoms with van der Waals surface area (Å²) in [6, 6.07) is 17.5. The summed E-state index contributed by atoms with van der Waals surface area (Å²) in [6.07, 6.45) is 1.49. The van der Waals surface area contributed by atoms with Gasteiger partial charge in [-0.1, -0.05) is 18.2 Å². The minimum Gasteiger partial charge on any atom is -0.491 e. The molecule has 0 spiro atoms. The van der Waals surface area contributed by atoms with Crippen molar-refractivity contribution in [3.8, 4) is 17.2 Å². The number of rotatable bonds is 7. The molecule has 7 nitrogen and oxygen atoms in total. The molecule has 0 aliphatic rings. The van der Waals surface area contributed by atoms with Crippen LogP contribution in [0.15, 0.2) is 60.9 Å². The summed E-state index contributed by atoms with van der Waals surface area (Å²) in [5.74, 6) is 3.85. The van der Waals surface area contributed by atoms with Crippen LogP contribution in [0.25, 0.3) is 5.78 Å². The molecule has 0 aliphatic carbocycles. The van der Waals surface area contributed by atoms with Crippen molar-refractivity contribution < 1.29 is 9.47 Å². The summed E-state index contributed by atoms with van der Waals surface area (Å²) in [7, 11) is 0. The molecular weight excluding hydrogens is 354 g/mol. The van der Waals surface area contributed by atoms with Crippen molar-refractivity contribution in [3.63, 3.8) is 0 Å². The lowest BCUT2D eigenvalue weighted by molar-refractivity contribution is 0.329. The number of hydrogen-bond acceptors (Lipinski definition) is 6. The van der Waals surface area contributed by atoms with Gasteiger partial charge in [0.2, 0.25) is 0 Å². The molecule has 0 radical (unpaired) electrons. The van der Waals surface area contributed by atoms with Gasteiger partial charge in [0.15, 0.2) is 0 Å². The second kappa shape index (κ2) is 7.96. The molecule has 0 saturated carbocycles. The molecule has 4 rings (SSSR count). The van der Waals surface area contributed by atoms with E-state index in [0.717, 1.165) is 34.3 Å². The third kappa shape index (κ3) is 4.03. The number of hydrogen-bond donors (Lipinski definition) is 1. The quantitative estimate of drug-likeness (QED) is 0.492.